The zero-order valence-corrected chi connectivity index (χ0v) is 15.6. The third-order valence-electron chi connectivity index (χ3n) is 4.37. The summed E-state index contributed by atoms with van der Waals surface area (Å²) < 4.78 is 5.74. The second-order valence-corrected chi connectivity index (χ2v) is 7.66. The number of hydrogen-bond donors (Lipinski definition) is 2. The van der Waals surface area contributed by atoms with E-state index in [0.717, 1.165) is 46.7 Å². The van der Waals surface area contributed by atoms with Crippen molar-refractivity contribution in [3.8, 4) is 5.75 Å². The lowest BCUT2D eigenvalue weighted by Gasteiger charge is -2.09. The van der Waals surface area contributed by atoms with Gasteiger partial charge in [0.25, 0.3) is 5.24 Å². The van der Waals surface area contributed by atoms with Crippen LogP contribution in [0.2, 0.25) is 0 Å². The van der Waals surface area contributed by atoms with Crippen molar-refractivity contribution in [2.45, 2.75) is 37.4 Å². The molecule has 0 saturated carbocycles. The van der Waals surface area contributed by atoms with Gasteiger partial charge in [0.1, 0.15) is 5.75 Å². The molecule has 142 valence electrons. The summed E-state index contributed by atoms with van der Waals surface area (Å²) in [5.74, 6) is -0.203. The molecule has 1 atom stereocenters. The van der Waals surface area contributed by atoms with Crippen LogP contribution in [0.4, 0.5) is 4.79 Å². The molecule has 1 unspecified atom stereocenters. The number of hydrogen-bond acceptors (Lipinski definition) is 5. The molecule has 6 nitrogen and oxygen atoms in total. The highest BCUT2D eigenvalue weighted by Gasteiger charge is 2.31. The van der Waals surface area contributed by atoms with Gasteiger partial charge in [-0.3, -0.25) is 19.7 Å². The summed E-state index contributed by atoms with van der Waals surface area (Å²) in [6.07, 6.45) is 3.05. The fraction of sp³-hybridized carbons (Fsp3) is 0.350. The number of ether oxygens (including phenoxy) is 1. The molecule has 0 radical (unpaired) electrons. The molecule has 1 aliphatic rings. The van der Waals surface area contributed by atoms with E-state index in [-0.39, 0.29) is 22.8 Å². The maximum absolute atomic E-state index is 11.7. The van der Waals surface area contributed by atoms with Gasteiger partial charge in [0, 0.05) is 6.42 Å². The molecule has 2 aromatic rings. The maximum atomic E-state index is 11.7. The van der Waals surface area contributed by atoms with Crippen LogP contribution < -0.4 is 10.1 Å². The Balaban J connectivity index is 1.54. The van der Waals surface area contributed by atoms with Gasteiger partial charge in [-0.1, -0.05) is 36.0 Å². The molecule has 27 heavy (non-hydrogen) atoms. The van der Waals surface area contributed by atoms with Crippen molar-refractivity contribution >= 4 is 39.7 Å². The summed E-state index contributed by atoms with van der Waals surface area (Å²) in [5, 5.41) is 12.4. The standard InChI is InChI=1S/C20H21NO5S/c22-18(23)4-2-1-3-9-26-16-8-7-14-10-13(5-6-15(14)12-16)11-17-19(24)21-20(25)27-17/h5-8,10,12,17H,1-4,9,11H2,(H,22,23)(H,21,24,25). The third-order valence-corrected chi connectivity index (χ3v) is 5.35. The minimum absolute atomic E-state index is 0.202. The Labute approximate surface area is 161 Å². The molecule has 1 saturated heterocycles. The van der Waals surface area contributed by atoms with E-state index in [4.69, 9.17) is 9.84 Å². The van der Waals surface area contributed by atoms with Gasteiger partial charge >= 0.3 is 5.97 Å². The van der Waals surface area contributed by atoms with Crippen LogP contribution in [-0.2, 0) is 16.0 Å². The highest BCUT2D eigenvalue weighted by molar-refractivity contribution is 8.15. The average molecular weight is 387 g/mol. The van der Waals surface area contributed by atoms with Crippen LogP contribution in [-0.4, -0.2) is 34.1 Å². The summed E-state index contributed by atoms with van der Waals surface area (Å²) in [6, 6.07) is 11.8. The number of carboxylic acid groups (broad SMARTS) is 1. The van der Waals surface area contributed by atoms with Gasteiger partial charge in [-0.15, -0.1) is 0 Å². The van der Waals surface area contributed by atoms with Crippen LogP contribution in [0.25, 0.3) is 10.8 Å². The molecule has 0 bridgehead atoms. The zero-order valence-electron chi connectivity index (χ0n) is 14.8. The Hall–Kier alpha value is -2.54. The number of fused-ring (bicyclic) bond motifs is 1. The number of rotatable bonds is 9. The number of imide groups is 1. The predicted octanol–water partition coefficient (Wildman–Crippen LogP) is 3.76. The minimum Gasteiger partial charge on any atom is -0.494 e. The van der Waals surface area contributed by atoms with Gasteiger partial charge in [0.2, 0.25) is 5.91 Å². The number of nitrogens with one attached hydrogen (secondary N) is 1. The fourth-order valence-electron chi connectivity index (χ4n) is 2.98. The Bertz CT molecular complexity index is 867. The number of amides is 2. The van der Waals surface area contributed by atoms with Gasteiger partial charge in [0.05, 0.1) is 11.9 Å². The molecule has 0 aliphatic carbocycles. The molecule has 2 N–H and O–H groups in total. The van der Waals surface area contributed by atoms with Crippen molar-refractivity contribution in [2.24, 2.45) is 0 Å². The van der Waals surface area contributed by atoms with Crippen molar-refractivity contribution in [3.63, 3.8) is 0 Å². The maximum Gasteiger partial charge on any atom is 0.303 e. The van der Waals surface area contributed by atoms with Crippen LogP contribution in [0, 0.1) is 0 Å². The van der Waals surface area contributed by atoms with Crippen LogP contribution >= 0.6 is 11.8 Å². The number of benzene rings is 2. The molecule has 7 heteroatoms. The lowest BCUT2D eigenvalue weighted by atomic mass is 10.0. The number of aliphatic carboxylic acids is 1. The number of carboxylic acids is 1. The van der Waals surface area contributed by atoms with Gasteiger partial charge in [-0.05, 0) is 54.2 Å². The molecule has 3 rings (SSSR count). The summed E-state index contributed by atoms with van der Waals surface area (Å²) in [5.41, 5.74) is 1.01. The molecule has 2 amide bonds. The summed E-state index contributed by atoms with van der Waals surface area (Å²) in [6.45, 7) is 0.561. The van der Waals surface area contributed by atoms with Crippen LogP contribution in [0.15, 0.2) is 36.4 Å². The lowest BCUT2D eigenvalue weighted by molar-refractivity contribution is -0.137. The van der Waals surface area contributed by atoms with E-state index < -0.39 is 5.97 Å². The molecular weight excluding hydrogens is 366 g/mol. The van der Waals surface area contributed by atoms with Crippen molar-refractivity contribution in [1.82, 2.24) is 5.32 Å². The first kappa shape index (κ1) is 19.2. The molecule has 1 heterocycles. The SMILES string of the molecule is O=C(O)CCCCCOc1ccc2cc(CC3SC(=O)NC3=O)ccc2c1. The van der Waals surface area contributed by atoms with Crippen molar-refractivity contribution in [3.05, 3.63) is 42.0 Å². The average Bonchev–Trinajstić information content (AvgIpc) is 2.94. The van der Waals surface area contributed by atoms with Crippen LogP contribution in [0.5, 0.6) is 5.75 Å². The Morgan fingerprint density at radius 3 is 2.59 bits per heavy atom. The molecule has 1 fully saturated rings. The highest BCUT2D eigenvalue weighted by Crippen LogP contribution is 2.26. The highest BCUT2D eigenvalue weighted by atomic mass is 32.2. The first-order valence-electron chi connectivity index (χ1n) is 8.90. The fourth-order valence-corrected chi connectivity index (χ4v) is 3.84. The summed E-state index contributed by atoms with van der Waals surface area (Å²) >= 11 is 1.04. The molecule has 0 aromatic heterocycles. The van der Waals surface area contributed by atoms with E-state index in [0.29, 0.717) is 19.4 Å². The van der Waals surface area contributed by atoms with E-state index in [1.807, 2.05) is 36.4 Å². The van der Waals surface area contributed by atoms with E-state index in [2.05, 4.69) is 5.32 Å². The zero-order chi connectivity index (χ0) is 19.2. The second-order valence-electron chi connectivity index (χ2n) is 6.48. The number of thioether (sulfide) groups is 1. The smallest absolute Gasteiger partial charge is 0.303 e. The van der Waals surface area contributed by atoms with Crippen molar-refractivity contribution in [2.75, 3.05) is 6.61 Å². The molecule has 2 aromatic carbocycles. The van der Waals surface area contributed by atoms with Gasteiger partial charge in [-0.2, -0.15) is 0 Å². The third kappa shape index (κ3) is 5.47. The lowest BCUT2D eigenvalue weighted by Crippen LogP contribution is -2.25. The minimum atomic E-state index is -0.761. The van der Waals surface area contributed by atoms with E-state index in [1.165, 1.54) is 0 Å². The summed E-state index contributed by atoms with van der Waals surface area (Å²) in [4.78, 5) is 33.4. The van der Waals surface area contributed by atoms with Gasteiger partial charge in [0.15, 0.2) is 0 Å². The molecule has 1 aliphatic heterocycles. The van der Waals surface area contributed by atoms with Gasteiger partial charge < -0.3 is 9.84 Å². The van der Waals surface area contributed by atoms with Crippen LogP contribution in [0.3, 0.4) is 0 Å². The van der Waals surface area contributed by atoms with Gasteiger partial charge in [-0.25, -0.2) is 0 Å². The normalized spacial score (nSPS) is 16.5. The second kappa shape index (κ2) is 8.90. The predicted molar refractivity (Wildman–Crippen MR) is 104 cm³/mol. The Morgan fingerprint density at radius 1 is 1.07 bits per heavy atom. The summed E-state index contributed by atoms with van der Waals surface area (Å²) in [7, 11) is 0. The van der Waals surface area contributed by atoms with Crippen LogP contribution in [0.1, 0.15) is 31.2 Å². The number of carbonyl (C=O) groups is 3. The van der Waals surface area contributed by atoms with E-state index >= 15 is 0 Å². The Morgan fingerprint density at radius 2 is 1.85 bits per heavy atom. The van der Waals surface area contributed by atoms with Crippen molar-refractivity contribution < 1.29 is 24.2 Å². The largest absolute Gasteiger partial charge is 0.494 e. The molecular formula is C20H21NO5S. The Kier molecular flexibility index (Phi) is 6.34. The van der Waals surface area contributed by atoms with Crippen molar-refractivity contribution in [1.29, 1.82) is 0 Å². The topological polar surface area (TPSA) is 92.7 Å². The van der Waals surface area contributed by atoms with E-state index in [9.17, 15) is 14.4 Å². The monoisotopic (exact) mass is 387 g/mol. The quantitative estimate of drug-likeness (QED) is 0.637. The first-order valence-corrected chi connectivity index (χ1v) is 9.78. The van der Waals surface area contributed by atoms with E-state index in [1.54, 1.807) is 0 Å². The number of unbranched alkanes of at least 4 members (excludes halogenated alkanes) is 2. The molecule has 0 spiro atoms. The first-order chi connectivity index (χ1) is 13.0. The number of carbonyl (C=O) groups excluding carboxylic acids is 2.